The van der Waals surface area contributed by atoms with Gasteiger partial charge in [0.2, 0.25) is 0 Å². The van der Waals surface area contributed by atoms with Gasteiger partial charge in [0.05, 0.1) is 11.8 Å². The lowest BCUT2D eigenvalue weighted by atomic mass is 9.91. The summed E-state index contributed by atoms with van der Waals surface area (Å²) < 4.78 is 5.78. The van der Waals surface area contributed by atoms with Gasteiger partial charge in [-0.25, -0.2) is 4.98 Å². The molecule has 1 saturated carbocycles. The molecule has 1 N–H and O–H groups in total. The first-order chi connectivity index (χ1) is 8.40. The highest BCUT2D eigenvalue weighted by Gasteiger charge is 2.25. The van der Waals surface area contributed by atoms with Crippen molar-refractivity contribution >= 4 is 5.91 Å². The van der Waals surface area contributed by atoms with Crippen molar-refractivity contribution in [3.05, 3.63) is 23.5 Å². The molecule has 0 spiro atoms. The summed E-state index contributed by atoms with van der Waals surface area (Å²) in [6.07, 6.45) is 2.52. The van der Waals surface area contributed by atoms with E-state index in [-0.39, 0.29) is 11.3 Å². The van der Waals surface area contributed by atoms with E-state index in [0.717, 1.165) is 24.3 Å². The molecule has 1 amide bonds. The van der Waals surface area contributed by atoms with Gasteiger partial charge in [0.1, 0.15) is 11.4 Å². The van der Waals surface area contributed by atoms with E-state index in [1.165, 1.54) is 0 Å². The van der Waals surface area contributed by atoms with E-state index in [4.69, 9.17) is 4.74 Å². The third kappa shape index (κ3) is 3.00. The van der Waals surface area contributed by atoms with Crippen molar-refractivity contribution in [2.75, 3.05) is 7.05 Å². The van der Waals surface area contributed by atoms with Crippen molar-refractivity contribution < 1.29 is 9.53 Å². The molecule has 0 aromatic carbocycles. The highest BCUT2D eigenvalue weighted by Crippen LogP contribution is 2.30. The number of hydrogen-bond acceptors (Lipinski definition) is 3. The van der Waals surface area contributed by atoms with Gasteiger partial charge in [-0.2, -0.15) is 0 Å². The lowest BCUT2D eigenvalue weighted by Crippen LogP contribution is -2.22. The maximum atomic E-state index is 11.7. The summed E-state index contributed by atoms with van der Waals surface area (Å²) in [5.41, 5.74) is 1.19. The summed E-state index contributed by atoms with van der Waals surface area (Å²) in [4.78, 5) is 16.1. The molecule has 0 atom stereocenters. The van der Waals surface area contributed by atoms with Crippen molar-refractivity contribution in [3.63, 3.8) is 0 Å². The van der Waals surface area contributed by atoms with Crippen LogP contribution in [0.15, 0.2) is 12.1 Å². The van der Waals surface area contributed by atoms with Crippen LogP contribution in [0.2, 0.25) is 0 Å². The molecule has 0 unspecified atom stereocenters. The second-order valence-corrected chi connectivity index (χ2v) is 5.72. The second kappa shape index (κ2) is 4.59. The quantitative estimate of drug-likeness (QED) is 0.892. The second-order valence-electron chi connectivity index (χ2n) is 5.72. The average molecular weight is 248 g/mol. The van der Waals surface area contributed by atoms with E-state index in [1.54, 1.807) is 13.1 Å². The molecule has 2 rings (SSSR count). The number of nitrogens with one attached hydrogen (secondary N) is 1. The van der Waals surface area contributed by atoms with Crippen molar-refractivity contribution in [1.29, 1.82) is 0 Å². The van der Waals surface area contributed by atoms with Gasteiger partial charge in [-0.05, 0) is 12.8 Å². The zero-order valence-electron chi connectivity index (χ0n) is 11.4. The first-order valence-electron chi connectivity index (χ1n) is 6.31. The summed E-state index contributed by atoms with van der Waals surface area (Å²) in [6.45, 7) is 6.22. The van der Waals surface area contributed by atoms with E-state index in [1.807, 2.05) is 6.07 Å². The van der Waals surface area contributed by atoms with Gasteiger partial charge in [0.25, 0.3) is 5.91 Å². The number of hydrogen-bond donors (Lipinski definition) is 1. The number of carbonyl (C=O) groups is 1. The van der Waals surface area contributed by atoms with Gasteiger partial charge in [0.15, 0.2) is 0 Å². The Labute approximate surface area is 108 Å². The van der Waals surface area contributed by atoms with E-state index in [0.29, 0.717) is 11.8 Å². The maximum absolute atomic E-state index is 11.7. The van der Waals surface area contributed by atoms with E-state index < -0.39 is 0 Å². The fourth-order valence-corrected chi connectivity index (χ4v) is 1.58. The fourth-order valence-electron chi connectivity index (χ4n) is 1.58. The molecule has 18 heavy (non-hydrogen) atoms. The van der Waals surface area contributed by atoms with Gasteiger partial charge in [-0.3, -0.25) is 4.79 Å². The number of amides is 1. The van der Waals surface area contributed by atoms with Crippen molar-refractivity contribution in [3.8, 4) is 5.75 Å². The molecule has 0 aliphatic heterocycles. The lowest BCUT2D eigenvalue weighted by Gasteiger charge is -2.19. The van der Waals surface area contributed by atoms with Gasteiger partial charge >= 0.3 is 0 Å². The van der Waals surface area contributed by atoms with Crippen LogP contribution in [0, 0.1) is 0 Å². The van der Waals surface area contributed by atoms with Crippen molar-refractivity contribution in [2.24, 2.45) is 0 Å². The van der Waals surface area contributed by atoms with Crippen LogP contribution in [-0.2, 0) is 5.41 Å². The molecule has 1 heterocycles. The Morgan fingerprint density at radius 2 is 2.06 bits per heavy atom. The van der Waals surface area contributed by atoms with Crippen molar-refractivity contribution in [1.82, 2.24) is 10.3 Å². The minimum atomic E-state index is -0.179. The highest BCUT2D eigenvalue weighted by atomic mass is 16.5. The largest absolute Gasteiger partial charge is 0.490 e. The summed E-state index contributed by atoms with van der Waals surface area (Å²) in [7, 11) is 1.61. The third-order valence-corrected chi connectivity index (χ3v) is 2.85. The Hall–Kier alpha value is -1.58. The van der Waals surface area contributed by atoms with Crippen LogP contribution in [0.25, 0.3) is 0 Å². The Bertz CT molecular complexity index is 459. The smallest absolute Gasteiger partial charge is 0.269 e. The molecule has 1 aromatic rings. The van der Waals surface area contributed by atoms with Crippen LogP contribution in [0.1, 0.15) is 49.8 Å². The van der Waals surface area contributed by atoms with Gasteiger partial charge in [-0.1, -0.05) is 20.8 Å². The van der Waals surface area contributed by atoms with Crippen LogP contribution in [0.5, 0.6) is 5.75 Å². The molecular weight excluding hydrogens is 228 g/mol. The summed E-state index contributed by atoms with van der Waals surface area (Å²) >= 11 is 0. The minimum absolute atomic E-state index is 0.105. The molecule has 1 aliphatic rings. The minimum Gasteiger partial charge on any atom is -0.490 e. The topological polar surface area (TPSA) is 51.2 Å². The Morgan fingerprint density at radius 3 is 2.56 bits per heavy atom. The lowest BCUT2D eigenvalue weighted by molar-refractivity contribution is 0.0957. The molecule has 0 bridgehead atoms. The fraction of sp³-hybridized carbons (Fsp3) is 0.571. The molecule has 0 radical (unpaired) electrons. The molecule has 0 saturated heterocycles. The molecule has 4 nitrogen and oxygen atoms in total. The number of rotatable bonds is 3. The Balaban J connectivity index is 2.36. The number of aromatic nitrogens is 1. The molecule has 1 fully saturated rings. The highest BCUT2D eigenvalue weighted by molar-refractivity contribution is 5.92. The van der Waals surface area contributed by atoms with E-state index in [9.17, 15) is 4.79 Å². The first kappa shape index (κ1) is 12.9. The van der Waals surface area contributed by atoms with Gasteiger partial charge in [0, 0.05) is 24.6 Å². The normalized spacial score (nSPS) is 15.3. The predicted octanol–water partition coefficient (Wildman–Crippen LogP) is 2.28. The Morgan fingerprint density at radius 1 is 1.39 bits per heavy atom. The van der Waals surface area contributed by atoms with Crippen LogP contribution in [0.4, 0.5) is 0 Å². The SMILES string of the molecule is CNC(=O)c1cc(OC2CC2)cc(C(C)(C)C)n1. The molecule has 1 aromatic heterocycles. The van der Waals surface area contributed by atoms with E-state index in [2.05, 4.69) is 31.1 Å². The van der Waals surface area contributed by atoms with Crippen LogP contribution in [-0.4, -0.2) is 24.0 Å². The molecule has 4 heteroatoms. The number of ether oxygens (including phenoxy) is 1. The summed E-state index contributed by atoms with van der Waals surface area (Å²) in [5.74, 6) is 0.567. The number of nitrogens with zero attached hydrogens (tertiary/aromatic N) is 1. The zero-order chi connectivity index (χ0) is 13.3. The Kier molecular flexibility index (Phi) is 3.28. The van der Waals surface area contributed by atoms with E-state index >= 15 is 0 Å². The summed E-state index contributed by atoms with van der Waals surface area (Å²) in [5, 5.41) is 2.60. The van der Waals surface area contributed by atoms with Gasteiger partial charge in [-0.15, -0.1) is 0 Å². The standard InChI is InChI=1S/C14H20N2O2/c1-14(2,3)12-8-10(18-9-5-6-9)7-11(16-12)13(17)15-4/h7-9H,5-6H2,1-4H3,(H,15,17). The molecule has 1 aliphatic carbocycles. The third-order valence-electron chi connectivity index (χ3n) is 2.85. The average Bonchev–Trinajstić information content (AvgIpc) is 3.10. The van der Waals surface area contributed by atoms with Crippen LogP contribution < -0.4 is 10.1 Å². The maximum Gasteiger partial charge on any atom is 0.269 e. The van der Waals surface area contributed by atoms with Crippen molar-refractivity contribution in [2.45, 2.75) is 45.1 Å². The predicted molar refractivity (Wildman–Crippen MR) is 70.0 cm³/mol. The monoisotopic (exact) mass is 248 g/mol. The number of carbonyl (C=O) groups excluding carboxylic acids is 1. The van der Waals surface area contributed by atoms with Gasteiger partial charge < -0.3 is 10.1 Å². The number of pyridine rings is 1. The molecule has 98 valence electrons. The van der Waals surface area contributed by atoms with Crippen LogP contribution >= 0.6 is 0 Å². The van der Waals surface area contributed by atoms with Crippen LogP contribution in [0.3, 0.4) is 0 Å². The summed E-state index contributed by atoms with van der Waals surface area (Å²) in [6, 6.07) is 3.65. The first-order valence-corrected chi connectivity index (χ1v) is 6.31. The zero-order valence-corrected chi connectivity index (χ0v) is 11.4. The molecular formula is C14H20N2O2.